The van der Waals surface area contributed by atoms with Crippen molar-refractivity contribution in [2.24, 2.45) is 5.92 Å². The van der Waals surface area contributed by atoms with Crippen LogP contribution in [0, 0.1) is 12.8 Å². The van der Waals surface area contributed by atoms with Crippen LogP contribution in [0.5, 0.6) is 5.75 Å². The average Bonchev–Trinajstić information content (AvgIpc) is 3.04. The number of carbonyl (C=O) groups excluding carboxylic acids is 2. The molecule has 0 radical (unpaired) electrons. The maximum atomic E-state index is 13.5. The second-order valence-corrected chi connectivity index (χ2v) is 7.54. The lowest BCUT2D eigenvalue weighted by molar-refractivity contribution is -0.139. The Balaban J connectivity index is 1.84. The smallest absolute Gasteiger partial charge is 0.322 e. The quantitative estimate of drug-likeness (QED) is 0.442. The fourth-order valence-corrected chi connectivity index (χ4v) is 4.97. The highest BCUT2D eigenvalue weighted by Crippen LogP contribution is 2.57. The molecule has 1 amide bonds. The molecule has 5 rings (SSSR count). The summed E-state index contributed by atoms with van der Waals surface area (Å²) in [4.78, 5) is 28.2. The number of para-hydroxylation sites is 1. The van der Waals surface area contributed by atoms with Gasteiger partial charge in [-0.2, -0.15) is 0 Å². The average molecular weight is 364 g/mol. The molecule has 1 N–H and O–H groups in total. The van der Waals surface area contributed by atoms with Gasteiger partial charge in [0.25, 0.3) is 5.91 Å². The molecule has 5 nitrogen and oxygen atoms in total. The second-order valence-electron chi connectivity index (χ2n) is 7.10. The van der Waals surface area contributed by atoms with Crippen molar-refractivity contribution in [3.8, 4) is 5.75 Å². The number of likely N-dealkylation sites (N-methyl/N-ethyl adjacent to an activating group) is 1. The van der Waals surface area contributed by atoms with Gasteiger partial charge in [0.15, 0.2) is 5.54 Å². The van der Waals surface area contributed by atoms with Crippen molar-refractivity contribution < 1.29 is 14.3 Å². The number of nitrogens with one attached hydrogen (secondary N) is 1. The zero-order valence-electron chi connectivity index (χ0n) is 14.3. The molecular weight excluding hydrogens is 348 g/mol. The third-order valence-electron chi connectivity index (χ3n) is 5.70. The van der Waals surface area contributed by atoms with Gasteiger partial charge in [0, 0.05) is 29.8 Å². The Morgan fingerprint density at radius 1 is 1.19 bits per heavy atom. The topological polar surface area (TPSA) is 58.6 Å². The van der Waals surface area contributed by atoms with Gasteiger partial charge in [0.1, 0.15) is 11.7 Å². The van der Waals surface area contributed by atoms with Crippen LogP contribution < -0.4 is 15.0 Å². The summed E-state index contributed by atoms with van der Waals surface area (Å²) in [6.07, 6.45) is 0. The van der Waals surface area contributed by atoms with Gasteiger partial charge in [-0.25, -0.2) is 0 Å². The zero-order valence-corrected chi connectivity index (χ0v) is 15.1. The van der Waals surface area contributed by atoms with Gasteiger partial charge in [-0.1, -0.05) is 48.1 Å². The lowest BCUT2D eigenvalue weighted by Crippen LogP contribution is -2.50. The van der Waals surface area contributed by atoms with Gasteiger partial charge >= 0.3 is 5.97 Å². The van der Waals surface area contributed by atoms with Crippen molar-refractivity contribution in [2.45, 2.75) is 18.4 Å². The number of rotatable bonds is 0. The number of hydrogen-bond donors (Lipinski definition) is 1. The molecule has 0 saturated carbocycles. The molecule has 2 aromatic carbocycles. The van der Waals surface area contributed by atoms with E-state index < -0.39 is 23.3 Å². The minimum atomic E-state index is -1.08. The molecule has 0 bridgehead atoms. The van der Waals surface area contributed by atoms with Crippen molar-refractivity contribution in [3.05, 3.63) is 59.2 Å². The predicted octanol–water partition coefficient (Wildman–Crippen LogP) is 2.42. The zero-order chi connectivity index (χ0) is 18.2. The van der Waals surface area contributed by atoms with Crippen LogP contribution in [0.25, 0.3) is 0 Å². The molecular formula is C20H16N2O3S. The van der Waals surface area contributed by atoms with Crippen molar-refractivity contribution >= 4 is 34.8 Å². The van der Waals surface area contributed by atoms with Crippen molar-refractivity contribution in [3.63, 3.8) is 0 Å². The van der Waals surface area contributed by atoms with Crippen LogP contribution in [0.1, 0.15) is 22.6 Å². The standard InChI is InChI=1S/C20H16N2O3S/c1-10-7-8-13-12(9-10)20(19(24)22(13)2)16-11-5-3-4-6-14(11)25-18(23)15(16)17(26)21-20/h3-9,15-16H,1-2H3,(H,21,26)/t15-,16+,20-/m0/s1. The van der Waals surface area contributed by atoms with E-state index >= 15 is 0 Å². The highest BCUT2D eigenvalue weighted by atomic mass is 32.1. The van der Waals surface area contributed by atoms with E-state index in [-0.39, 0.29) is 5.91 Å². The SMILES string of the molecule is Cc1ccc2c(c1)[C@@]1(NC(=S)[C@H]3C(=O)Oc4ccccc4[C@H]31)C(=O)N2C. The van der Waals surface area contributed by atoms with Gasteiger partial charge in [0.05, 0.1) is 4.99 Å². The molecule has 26 heavy (non-hydrogen) atoms. The molecule has 2 aromatic rings. The summed E-state index contributed by atoms with van der Waals surface area (Å²) >= 11 is 5.50. The summed E-state index contributed by atoms with van der Waals surface area (Å²) in [5.74, 6) is -1.09. The van der Waals surface area contributed by atoms with E-state index in [9.17, 15) is 9.59 Å². The first-order chi connectivity index (χ1) is 12.4. The Morgan fingerprint density at radius 3 is 2.77 bits per heavy atom. The lowest BCUT2D eigenvalue weighted by Gasteiger charge is -2.34. The Kier molecular flexibility index (Phi) is 2.93. The molecule has 3 atom stereocenters. The summed E-state index contributed by atoms with van der Waals surface area (Å²) in [5.41, 5.74) is 2.51. The Hall–Kier alpha value is -2.73. The molecule has 1 fully saturated rings. The molecule has 6 heteroatoms. The summed E-state index contributed by atoms with van der Waals surface area (Å²) in [6, 6.07) is 13.3. The maximum Gasteiger partial charge on any atom is 0.322 e. The Labute approximate surface area is 155 Å². The molecule has 0 aromatic heterocycles. The second kappa shape index (κ2) is 4.92. The van der Waals surface area contributed by atoms with Crippen molar-refractivity contribution in [1.82, 2.24) is 5.32 Å². The summed E-state index contributed by atoms with van der Waals surface area (Å²) in [5, 5.41) is 3.25. The van der Waals surface area contributed by atoms with Crippen LogP contribution in [0.4, 0.5) is 5.69 Å². The fraction of sp³-hybridized carbons (Fsp3) is 0.250. The number of ether oxygens (including phenoxy) is 1. The van der Waals surface area contributed by atoms with Crippen LogP contribution in [-0.2, 0) is 15.1 Å². The number of benzene rings is 2. The normalized spacial score (nSPS) is 28.5. The van der Waals surface area contributed by atoms with Crippen molar-refractivity contribution in [2.75, 3.05) is 11.9 Å². The number of thiocarbonyl (C=S) groups is 1. The molecule has 3 heterocycles. The number of nitrogens with zero attached hydrogens (tertiary/aromatic N) is 1. The highest BCUT2D eigenvalue weighted by Gasteiger charge is 2.66. The monoisotopic (exact) mass is 364 g/mol. The Morgan fingerprint density at radius 2 is 1.96 bits per heavy atom. The van der Waals surface area contributed by atoms with Crippen LogP contribution in [0.15, 0.2) is 42.5 Å². The molecule has 3 aliphatic heterocycles. The number of fused-ring (bicyclic) bond motifs is 6. The van der Waals surface area contributed by atoms with Crippen molar-refractivity contribution in [1.29, 1.82) is 0 Å². The van der Waals surface area contributed by atoms with Crippen LogP contribution in [-0.4, -0.2) is 23.9 Å². The molecule has 1 spiro atoms. The van der Waals surface area contributed by atoms with Crippen LogP contribution in [0.2, 0.25) is 0 Å². The summed E-state index contributed by atoms with van der Waals surface area (Å²) in [7, 11) is 1.76. The van der Waals surface area contributed by atoms with Gasteiger partial charge in [-0.15, -0.1) is 0 Å². The van der Waals surface area contributed by atoms with E-state index in [1.807, 2.05) is 43.3 Å². The first kappa shape index (κ1) is 15.5. The number of aryl methyl sites for hydroxylation is 1. The number of amides is 1. The molecule has 3 aliphatic rings. The summed E-state index contributed by atoms with van der Waals surface area (Å²) in [6.45, 7) is 1.99. The molecule has 0 aliphatic carbocycles. The minimum absolute atomic E-state index is 0.0996. The molecule has 1 saturated heterocycles. The Bertz CT molecular complexity index is 1020. The largest absolute Gasteiger partial charge is 0.426 e. The maximum absolute atomic E-state index is 13.5. The van der Waals surface area contributed by atoms with Gasteiger partial charge in [0.2, 0.25) is 0 Å². The first-order valence-corrected chi connectivity index (χ1v) is 8.88. The van der Waals surface area contributed by atoms with Crippen LogP contribution >= 0.6 is 12.2 Å². The molecule has 0 unspecified atom stereocenters. The van der Waals surface area contributed by atoms with E-state index in [0.717, 1.165) is 22.4 Å². The third kappa shape index (κ3) is 1.67. The number of hydrogen-bond acceptors (Lipinski definition) is 4. The van der Waals surface area contributed by atoms with Crippen LogP contribution in [0.3, 0.4) is 0 Å². The van der Waals surface area contributed by atoms with Gasteiger partial charge in [-0.3, -0.25) is 9.59 Å². The van der Waals surface area contributed by atoms with E-state index in [1.54, 1.807) is 18.0 Å². The molecule has 130 valence electrons. The van der Waals surface area contributed by atoms with E-state index in [2.05, 4.69) is 5.32 Å². The third-order valence-corrected chi connectivity index (χ3v) is 6.06. The van der Waals surface area contributed by atoms with Gasteiger partial charge < -0.3 is 15.0 Å². The van der Waals surface area contributed by atoms with E-state index in [4.69, 9.17) is 17.0 Å². The van der Waals surface area contributed by atoms with E-state index in [0.29, 0.717) is 10.7 Å². The highest BCUT2D eigenvalue weighted by molar-refractivity contribution is 7.80. The minimum Gasteiger partial charge on any atom is -0.426 e. The predicted molar refractivity (Wildman–Crippen MR) is 100 cm³/mol. The lowest BCUT2D eigenvalue weighted by atomic mass is 9.71. The number of anilines is 1. The first-order valence-electron chi connectivity index (χ1n) is 8.47. The van der Waals surface area contributed by atoms with E-state index in [1.165, 1.54) is 0 Å². The fourth-order valence-electron chi connectivity index (χ4n) is 4.58. The number of esters is 1. The number of carbonyl (C=O) groups is 2. The summed E-state index contributed by atoms with van der Waals surface area (Å²) < 4.78 is 5.50. The van der Waals surface area contributed by atoms with Gasteiger partial charge in [-0.05, 0) is 19.1 Å².